The maximum atomic E-state index is 2.37. The van der Waals surface area contributed by atoms with Crippen molar-refractivity contribution >= 4 is 16.5 Å². The lowest BCUT2D eigenvalue weighted by atomic mass is 9.93. The van der Waals surface area contributed by atoms with Crippen LogP contribution in [0, 0.1) is 0 Å². The smallest absolute Gasteiger partial charge is 0.0601 e. The van der Waals surface area contributed by atoms with Gasteiger partial charge in [0.15, 0.2) is 0 Å². The Morgan fingerprint density at radius 1 is 1.00 bits per heavy atom. The number of hydrogen-bond donors (Lipinski definition) is 0. The predicted octanol–water partition coefficient (Wildman–Crippen LogP) is 3.52. The molecular formula is C14H15N. The normalized spacial score (nSPS) is 17.4. The van der Waals surface area contributed by atoms with E-state index in [4.69, 9.17) is 0 Å². The molecule has 2 aromatic carbocycles. The van der Waals surface area contributed by atoms with Crippen molar-refractivity contribution in [2.45, 2.75) is 19.4 Å². The highest BCUT2D eigenvalue weighted by Gasteiger charge is 2.35. The maximum absolute atomic E-state index is 2.37. The zero-order chi connectivity index (χ0) is 10.6. The Labute approximate surface area is 90.3 Å². The van der Waals surface area contributed by atoms with E-state index in [9.17, 15) is 0 Å². The highest BCUT2D eigenvalue weighted by molar-refractivity contribution is 6.01. The van der Waals surface area contributed by atoms with Crippen molar-refractivity contribution in [2.24, 2.45) is 0 Å². The van der Waals surface area contributed by atoms with Gasteiger partial charge in [-0.1, -0.05) is 30.3 Å². The second-order valence-electron chi connectivity index (χ2n) is 4.80. The molecule has 1 nitrogen and oxygen atoms in total. The molecule has 1 aliphatic rings. The van der Waals surface area contributed by atoms with Crippen LogP contribution in [0.25, 0.3) is 10.8 Å². The van der Waals surface area contributed by atoms with Crippen molar-refractivity contribution in [3.05, 3.63) is 42.0 Å². The van der Waals surface area contributed by atoms with Crippen molar-refractivity contribution in [3.8, 4) is 0 Å². The lowest BCUT2D eigenvalue weighted by Gasteiger charge is -2.31. The molecule has 0 fully saturated rings. The SMILES string of the molecule is CN1c2cccc3cccc(c23)C1(C)C. The molecule has 1 heteroatoms. The fraction of sp³-hybridized carbons (Fsp3) is 0.286. The van der Waals surface area contributed by atoms with E-state index in [2.05, 4.69) is 62.2 Å². The van der Waals surface area contributed by atoms with Crippen LogP contribution in [0.3, 0.4) is 0 Å². The van der Waals surface area contributed by atoms with E-state index in [1.54, 1.807) is 0 Å². The third kappa shape index (κ3) is 0.930. The van der Waals surface area contributed by atoms with E-state index in [0.29, 0.717) is 0 Å². The molecule has 1 heterocycles. The van der Waals surface area contributed by atoms with Crippen LogP contribution in [0.1, 0.15) is 19.4 Å². The van der Waals surface area contributed by atoms with Gasteiger partial charge in [0.2, 0.25) is 0 Å². The molecule has 0 saturated carbocycles. The van der Waals surface area contributed by atoms with Crippen LogP contribution in [0.5, 0.6) is 0 Å². The van der Waals surface area contributed by atoms with E-state index >= 15 is 0 Å². The number of nitrogens with zero attached hydrogens (tertiary/aromatic N) is 1. The molecule has 0 N–H and O–H groups in total. The first-order chi connectivity index (χ1) is 7.12. The Balaban J connectivity index is 2.51. The molecule has 0 aromatic heterocycles. The summed E-state index contributed by atoms with van der Waals surface area (Å²) in [5.41, 5.74) is 2.91. The molecule has 0 unspecified atom stereocenters. The summed E-state index contributed by atoms with van der Waals surface area (Å²) in [7, 11) is 2.18. The van der Waals surface area contributed by atoms with Gasteiger partial charge in [-0.2, -0.15) is 0 Å². The van der Waals surface area contributed by atoms with Gasteiger partial charge in [0.1, 0.15) is 0 Å². The number of anilines is 1. The zero-order valence-corrected chi connectivity index (χ0v) is 9.41. The average molecular weight is 197 g/mol. The Morgan fingerprint density at radius 2 is 1.67 bits per heavy atom. The summed E-state index contributed by atoms with van der Waals surface area (Å²) < 4.78 is 0. The van der Waals surface area contributed by atoms with E-state index in [-0.39, 0.29) is 5.54 Å². The summed E-state index contributed by atoms with van der Waals surface area (Å²) >= 11 is 0. The van der Waals surface area contributed by atoms with Crippen LogP contribution in [-0.2, 0) is 5.54 Å². The lowest BCUT2D eigenvalue weighted by Crippen LogP contribution is -2.34. The second-order valence-corrected chi connectivity index (χ2v) is 4.80. The average Bonchev–Trinajstić information content (AvgIpc) is 2.43. The molecule has 3 rings (SSSR count). The molecule has 0 radical (unpaired) electrons. The summed E-state index contributed by atoms with van der Waals surface area (Å²) in [5.74, 6) is 0. The number of benzene rings is 2. The second kappa shape index (κ2) is 2.54. The van der Waals surface area contributed by atoms with E-state index < -0.39 is 0 Å². The third-order valence-electron chi connectivity index (χ3n) is 3.74. The van der Waals surface area contributed by atoms with Gasteiger partial charge in [-0.05, 0) is 30.9 Å². The third-order valence-corrected chi connectivity index (χ3v) is 3.74. The fourth-order valence-corrected chi connectivity index (χ4v) is 2.59. The Hall–Kier alpha value is -1.50. The van der Waals surface area contributed by atoms with Crippen molar-refractivity contribution in [1.82, 2.24) is 0 Å². The Bertz CT molecular complexity index is 535. The first kappa shape index (κ1) is 8.78. The highest BCUT2D eigenvalue weighted by Crippen LogP contribution is 2.46. The van der Waals surface area contributed by atoms with E-state index in [1.165, 1.54) is 22.0 Å². The first-order valence-corrected chi connectivity index (χ1v) is 5.38. The minimum absolute atomic E-state index is 0.114. The monoisotopic (exact) mass is 197 g/mol. The van der Waals surface area contributed by atoms with Crippen LogP contribution in [-0.4, -0.2) is 7.05 Å². The lowest BCUT2D eigenvalue weighted by molar-refractivity contribution is 0.534. The number of hydrogen-bond acceptors (Lipinski definition) is 1. The minimum Gasteiger partial charge on any atom is -0.365 e. The van der Waals surface area contributed by atoms with Gasteiger partial charge in [0, 0.05) is 18.1 Å². The molecule has 0 spiro atoms. The van der Waals surface area contributed by atoms with Crippen LogP contribution in [0.15, 0.2) is 36.4 Å². The molecule has 15 heavy (non-hydrogen) atoms. The summed E-state index contributed by atoms with van der Waals surface area (Å²) in [6, 6.07) is 13.1. The van der Waals surface area contributed by atoms with Gasteiger partial charge in [-0.3, -0.25) is 0 Å². The van der Waals surface area contributed by atoms with Crippen molar-refractivity contribution < 1.29 is 0 Å². The summed E-state index contributed by atoms with van der Waals surface area (Å²) in [6.45, 7) is 4.56. The van der Waals surface area contributed by atoms with Gasteiger partial charge < -0.3 is 4.90 Å². The Morgan fingerprint density at radius 3 is 2.40 bits per heavy atom. The van der Waals surface area contributed by atoms with Gasteiger partial charge in [-0.15, -0.1) is 0 Å². The maximum Gasteiger partial charge on any atom is 0.0601 e. The van der Waals surface area contributed by atoms with Crippen molar-refractivity contribution in [1.29, 1.82) is 0 Å². The molecule has 1 aliphatic heterocycles. The molecule has 0 aliphatic carbocycles. The summed E-state index contributed by atoms with van der Waals surface area (Å²) in [4.78, 5) is 2.37. The molecule has 0 amide bonds. The zero-order valence-electron chi connectivity index (χ0n) is 9.41. The van der Waals surface area contributed by atoms with Gasteiger partial charge in [0.25, 0.3) is 0 Å². The van der Waals surface area contributed by atoms with Gasteiger partial charge in [0.05, 0.1) is 5.54 Å². The first-order valence-electron chi connectivity index (χ1n) is 5.38. The highest BCUT2D eigenvalue weighted by atomic mass is 15.2. The minimum atomic E-state index is 0.114. The van der Waals surface area contributed by atoms with Crippen LogP contribution < -0.4 is 4.90 Å². The van der Waals surface area contributed by atoms with Gasteiger partial charge in [-0.25, -0.2) is 0 Å². The predicted molar refractivity (Wildman–Crippen MR) is 65.4 cm³/mol. The number of rotatable bonds is 0. The summed E-state index contributed by atoms with van der Waals surface area (Å²) in [6.07, 6.45) is 0. The molecule has 0 atom stereocenters. The van der Waals surface area contributed by atoms with Crippen molar-refractivity contribution in [2.75, 3.05) is 11.9 Å². The molecule has 0 saturated heterocycles. The molecule has 0 bridgehead atoms. The quantitative estimate of drug-likeness (QED) is 0.624. The standard InChI is InChI=1S/C14H15N/c1-14(2)11-8-4-6-10-7-5-9-12(13(10)11)15(14)3/h4-9H,1-3H3. The summed E-state index contributed by atoms with van der Waals surface area (Å²) in [5, 5.41) is 2.77. The molecule has 2 aromatic rings. The van der Waals surface area contributed by atoms with Crippen molar-refractivity contribution in [3.63, 3.8) is 0 Å². The Kier molecular flexibility index (Phi) is 1.49. The van der Waals surface area contributed by atoms with Gasteiger partial charge >= 0.3 is 0 Å². The van der Waals surface area contributed by atoms with Crippen LogP contribution in [0.4, 0.5) is 5.69 Å². The topological polar surface area (TPSA) is 3.24 Å². The molecular weight excluding hydrogens is 182 g/mol. The van der Waals surface area contributed by atoms with Crippen LogP contribution >= 0.6 is 0 Å². The van der Waals surface area contributed by atoms with E-state index in [0.717, 1.165) is 0 Å². The van der Waals surface area contributed by atoms with Crippen LogP contribution in [0.2, 0.25) is 0 Å². The molecule has 76 valence electrons. The fourth-order valence-electron chi connectivity index (χ4n) is 2.59. The van der Waals surface area contributed by atoms with E-state index in [1.807, 2.05) is 0 Å². The largest absolute Gasteiger partial charge is 0.365 e.